The summed E-state index contributed by atoms with van der Waals surface area (Å²) in [6, 6.07) is 13.2. The van der Waals surface area contributed by atoms with Gasteiger partial charge >= 0.3 is 0 Å². The molecular formula is C13H10BrN5O2S. The normalized spacial score (nSPS) is 11.3. The van der Waals surface area contributed by atoms with E-state index in [1.54, 1.807) is 36.4 Å². The summed E-state index contributed by atoms with van der Waals surface area (Å²) in [4.78, 5) is 0.175. The zero-order valence-electron chi connectivity index (χ0n) is 11.1. The first-order chi connectivity index (χ1) is 10.6. The molecule has 9 heteroatoms. The number of nitrogens with zero attached hydrogens (tertiary/aromatic N) is 3. The van der Waals surface area contributed by atoms with Gasteiger partial charge in [0.2, 0.25) is 5.82 Å². The summed E-state index contributed by atoms with van der Waals surface area (Å²) in [5.74, 6) is 0.304. The van der Waals surface area contributed by atoms with E-state index in [0.717, 1.165) is 4.47 Å². The molecule has 0 aliphatic rings. The lowest BCUT2D eigenvalue weighted by Gasteiger charge is -2.11. The van der Waals surface area contributed by atoms with E-state index < -0.39 is 10.0 Å². The largest absolute Gasteiger partial charge is 0.279 e. The molecule has 0 spiro atoms. The summed E-state index contributed by atoms with van der Waals surface area (Å²) in [7, 11) is -3.70. The number of anilines is 1. The lowest BCUT2D eigenvalue weighted by molar-refractivity contribution is 0.601. The smallest absolute Gasteiger partial charge is 0.261 e. The number of hydrogen-bond acceptors (Lipinski definition) is 5. The highest BCUT2D eigenvalue weighted by Gasteiger charge is 2.18. The van der Waals surface area contributed by atoms with Crippen molar-refractivity contribution < 1.29 is 8.42 Å². The molecule has 0 unspecified atom stereocenters. The highest BCUT2D eigenvalue weighted by molar-refractivity contribution is 9.10. The van der Waals surface area contributed by atoms with E-state index in [1.807, 2.05) is 0 Å². The number of aromatic amines is 1. The van der Waals surface area contributed by atoms with Crippen molar-refractivity contribution in [3.8, 4) is 11.4 Å². The van der Waals surface area contributed by atoms with E-state index >= 15 is 0 Å². The molecule has 2 aromatic carbocycles. The molecule has 0 fully saturated rings. The number of benzene rings is 2. The Morgan fingerprint density at radius 2 is 1.86 bits per heavy atom. The number of nitrogens with one attached hydrogen (secondary N) is 2. The standard InChI is InChI=1S/C13H10BrN5O2S/c14-9-6-7-11(13-15-18-19-16-13)12(8-9)17-22(20,21)10-4-2-1-3-5-10/h1-8,17H,(H,15,16,18,19). The second-order valence-corrected chi connectivity index (χ2v) is 6.94. The third-order valence-electron chi connectivity index (χ3n) is 2.87. The molecule has 7 nitrogen and oxygen atoms in total. The van der Waals surface area contributed by atoms with Gasteiger partial charge in [0.05, 0.1) is 10.6 Å². The number of rotatable bonds is 4. The number of halogens is 1. The molecular weight excluding hydrogens is 370 g/mol. The van der Waals surface area contributed by atoms with Crippen molar-refractivity contribution in [1.82, 2.24) is 20.6 Å². The molecule has 0 bridgehead atoms. The van der Waals surface area contributed by atoms with Crippen LogP contribution >= 0.6 is 15.9 Å². The molecule has 0 radical (unpaired) electrons. The Morgan fingerprint density at radius 1 is 1.09 bits per heavy atom. The third-order valence-corrected chi connectivity index (χ3v) is 4.74. The number of tetrazole rings is 1. The maximum Gasteiger partial charge on any atom is 0.261 e. The molecule has 3 aromatic rings. The third kappa shape index (κ3) is 3.00. The first-order valence-corrected chi connectivity index (χ1v) is 8.45. The predicted molar refractivity (Wildman–Crippen MR) is 84.6 cm³/mol. The average Bonchev–Trinajstić information content (AvgIpc) is 3.02. The Balaban J connectivity index is 2.04. The van der Waals surface area contributed by atoms with Gasteiger partial charge in [-0.2, -0.15) is 5.21 Å². The van der Waals surface area contributed by atoms with E-state index in [9.17, 15) is 8.42 Å². The Bertz CT molecular complexity index is 882. The summed E-state index contributed by atoms with van der Waals surface area (Å²) < 4.78 is 28.2. The molecule has 0 amide bonds. The van der Waals surface area contributed by atoms with Crippen molar-refractivity contribution in [2.24, 2.45) is 0 Å². The maximum atomic E-state index is 12.4. The zero-order chi connectivity index (χ0) is 15.6. The minimum Gasteiger partial charge on any atom is -0.279 e. The lowest BCUT2D eigenvalue weighted by Crippen LogP contribution is -2.13. The molecule has 3 rings (SSSR count). The van der Waals surface area contributed by atoms with Crippen LogP contribution in [0.2, 0.25) is 0 Å². The topological polar surface area (TPSA) is 101 Å². The quantitative estimate of drug-likeness (QED) is 0.724. The summed E-state index contributed by atoms with van der Waals surface area (Å²) in [6.45, 7) is 0. The molecule has 112 valence electrons. The second kappa shape index (κ2) is 5.85. The van der Waals surface area contributed by atoms with Crippen LogP contribution in [0.5, 0.6) is 0 Å². The monoisotopic (exact) mass is 379 g/mol. The number of H-pyrrole nitrogens is 1. The maximum absolute atomic E-state index is 12.4. The van der Waals surface area contributed by atoms with Crippen molar-refractivity contribution >= 4 is 31.6 Å². The van der Waals surface area contributed by atoms with Gasteiger partial charge < -0.3 is 0 Å². The van der Waals surface area contributed by atoms with E-state index in [2.05, 4.69) is 41.3 Å². The van der Waals surface area contributed by atoms with Gasteiger partial charge in [0.25, 0.3) is 10.0 Å². The van der Waals surface area contributed by atoms with Gasteiger partial charge in [0, 0.05) is 10.0 Å². The SMILES string of the molecule is O=S(=O)(Nc1cc(Br)ccc1-c1nn[nH]n1)c1ccccc1. The fourth-order valence-electron chi connectivity index (χ4n) is 1.88. The molecule has 1 aromatic heterocycles. The van der Waals surface area contributed by atoms with Gasteiger partial charge in [-0.25, -0.2) is 8.42 Å². The Morgan fingerprint density at radius 3 is 2.55 bits per heavy atom. The van der Waals surface area contributed by atoms with E-state index in [1.165, 1.54) is 12.1 Å². The van der Waals surface area contributed by atoms with E-state index in [-0.39, 0.29) is 4.90 Å². The number of sulfonamides is 1. The van der Waals surface area contributed by atoms with Gasteiger partial charge in [-0.05, 0) is 35.5 Å². The van der Waals surface area contributed by atoms with Crippen molar-refractivity contribution in [2.45, 2.75) is 4.90 Å². The van der Waals surface area contributed by atoms with Crippen molar-refractivity contribution in [3.63, 3.8) is 0 Å². The molecule has 0 atom stereocenters. The van der Waals surface area contributed by atoms with Crippen molar-refractivity contribution in [2.75, 3.05) is 4.72 Å². The van der Waals surface area contributed by atoms with Crippen molar-refractivity contribution in [1.29, 1.82) is 0 Å². The zero-order valence-corrected chi connectivity index (χ0v) is 13.5. The first kappa shape index (κ1) is 14.7. The van der Waals surface area contributed by atoms with E-state index in [0.29, 0.717) is 17.1 Å². The van der Waals surface area contributed by atoms with Gasteiger partial charge in [-0.15, -0.1) is 10.2 Å². The van der Waals surface area contributed by atoms with Crippen molar-refractivity contribution in [3.05, 3.63) is 53.0 Å². The fourth-order valence-corrected chi connectivity index (χ4v) is 3.33. The van der Waals surface area contributed by atoms with Crippen LogP contribution in [-0.4, -0.2) is 29.0 Å². The Kier molecular flexibility index (Phi) is 3.90. The minimum atomic E-state index is -3.70. The average molecular weight is 380 g/mol. The molecule has 2 N–H and O–H groups in total. The lowest BCUT2D eigenvalue weighted by atomic mass is 10.2. The summed E-state index contributed by atoms with van der Waals surface area (Å²) in [5, 5.41) is 13.6. The molecule has 0 aliphatic heterocycles. The van der Waals surface area contributed by atoms with Crippen LogP contribution in [0.15, 0.2) is 57.9 Å². The summed E-state index contributed by atoms with van der Waals surface area (Å²) in [6.07, 6.45) is 0. The van der Waals surface area contributed by atoms with Crippen LogP contribution in [-0.2, 0) is 10.0 Å². The Hall–Kier alpha value is -2.26. The summed E-state index contributed by atoms with van der Waals surface area (Å²) >= 11 is 3.32. The molecule has 1 heterocycles. The molecule has 0 aliphatic carbocycles. The fraction of sp³-hybridized carbons (Fsp3) is 0. The first-order valence-electron chi connectivity index (χ1n) is 6.17. The molecule has 22 heavy (non-hydrogen) atoms. The van der Waals surface area contributed by atoms with E-state index in [4.69, 9.17) is 0 Å². The number of hydrogen-bond donors (Lipinski definition) is 2. The number of aromatic nitrogens is 4. The molecule has 0 saturated heterocycles. The molecule has 0 saturated carbocycles. The van der Waals surface area contributed by atoms with Crippen LogP contribution in [0.3, 0.4) is 0 Å². The highest BCUT2D eigenvalue weighted by atomic mass is 79.9. The van der Waals surface area contributed by atoms with Gasteiger partial charge in [-0.1, -0.05) is 34.1 Å². The predicted octanol–water partition coefficient (Wildman–Crippen LogP) is 2.43. The van der Waals surface area contributed by atoms with Crippen LogP contribution in [0, 0.1) is 0 Å². The Labute approximate surface area is 134 Å². The van der Waals surface area contributed by atoms with Crippen LogP contribution in [0.4, 0.5) is 5.69 Å². The highest BCUT2D eigenvalue weighted by Crippen LogP contribution is 2.29. The van der Waals surface area contributed by atoms with Gasteiger partial charge in [0.1, 0.15) is 0 Å². The van der Waals surface area contributed by atoms with Gasteiger partial charge in [-0.3, -0.25) is 4.72 Å². The van der Waals surface area contributed by atoms with Crippen LogP contribution in [0.25, 0.3) is 11.4 Å². The second-order valence-electron chi connectivity index (χ2n) is 4.34. The van der Waals surface area contributed by atoms with Crippen LogP contribution in [0.1, 0.15) is 0 Å². The van der Waals surface area contributed by atoms with Crippen LogP contribution < -0.4 is 4.72 Å². The van der Waals surface area contributed by atoms with Gasteiger partial charge in [0.15, 0.2) is 0 Å². The minimum absolute atomic E-state index is 0.175. The summed E-state index contributed by atoms with van der Waals surface area (Å²) in [5.41, 5.74) is 0.885.